The van der Waals surface area contributed by atoms with Crippen molar-refractivity contribution in [2.45, 2.75) is 12.5 Å². The highest BCUT2D eigenvalue weighted by atomic mass is 79.9. The van der Waals surface area contributed by atoms with Crippen molar-refractivity contribution in [3.8, 4) is 11.5 Å². The zero-order chi connectivity index (χ0) is 18.4. The second kappa shape index (κ2) is 8.53. The molecule has 2 rings (SSSR count). The van der Waals surface area contributed by atoms with E-state index in [2.05, 4.69) is 21.2 Å². The van der Waals surface area contributed by atoms with E-state index in [0.717, 1.165) is 0 Å². The van der Waals surface area contributed by atoms with Crippen molar-refractivity contribution >= 4 is 27.8 Å². The highest BCUT2D eigenvalue weighted by Gasteiger charge is 2.19. The molecular formula is C18H18BrNO5. The number of benzene rings is 2. The third-order valence-electron chi connectivity index (χ3n) is 3.62. The first-order chi connectivity index (χ1) is 11.9. The van der Waals surface area contributed by atoms with Gasteiger partial charge in [0.2, 0.25) is 0 Å². The largest absolute Gasteiger partial charge is 0.497 e. The van der Waals surface area contributed by atoms with Gasteiger partial charge in [-0.1, -0.05) is 12.1 Å². The fourth-order valence-electron chi connectivity index (χ4n) is 2.31. The number of rotatable bonds is 7. The second-order valence-electron chi connectivity index (χ2n) is 5.25. The number of nitrogens with one attached hydrogen (secondary N) is 1. The Bertz CT molecular complexity index is 761. The molecule has 0 radical (unpaired) electrons. The smallest absolute Gasteiger partial charge is 0.305 e. The summed E-state index contributed by atoms with van der Waals surface area (Å²) >= 11 is 3.33. The monoisotopic (exact) mass is 407 g/mol. The van der Waals surface area contributed by atoms with E-state index in [-0.39, 0.29) is 12.3 Å². The van der Waals surface area contributed by atoms with Crippen molar-refractivity contribution in [3.05, 3.63) is 58.1 Å². The third kappa shape index (κ3) is 4.96. The van der Waals surface area contributed by atoms with Gasteiger partial charge in [-0.2, -0.15) is 0 Å². The Morgan fingerprint density at radius 3 is 2.32 bits per heavy atom. The summed E-state index contributed by atoms with van der Waals surface area (Å²) in [4.78, 5) is 23.7. The van der Waals surface area contributed by atoms with Gasteiger partial charge in [0, 0.05) is 5.56 Å². The van der Waals surface area contributed by atoms with Gasteiger partial charge in [-0.15, -0.1) is 0 Å². The van der Waals surface area contributed by atoms with Gasteiger partial charge >= 0.3 is 5.97 Å². The lowest BCUT2D eigenvalue weighted by molar-refractivity contribution is -0.137. The summed E-state index contributed by atoms with van der Waals surface area (Å²) in [7, 11) is 3.08. The Hall–Kier alpha value is -2.54. The number of carboxylic acids is 1. The minimum absolute atomic E-state index is 0.227. The van der Waals surface area contributed by atoms with Crippen molar-refractivity contribution in [3.63, 3.8) is 0 Å². The lowest BCUT2D eigenvalue weighted by atomic mass is 10.0. The number of aliphatic carboxylic acids is 1. The molecular weight excluding hydrogens is 390 g/mol. The van der Waals surface area contributed by atoms with Crippen molar-refractivity contribution in [2.24, 2.45) is 0 Å². The van der Waals surface area contributed by atoms with Crippen molar-refractivity contribution in [2.75, 3.05) is 14.2 Å². The quantitative estimate of drug-likeness (QED) is 0.734. The van der Waals surface area contributed by atoms with Crippen molar-refractivity contribution < 1.29 is 24.2 Å². The van der Waals surface area contributed by atoms with Crippen molar-refractivity contribution in [1.82, 2.24) is 5.32 Å². The molecule has 0 saturated heterocycles. The van der Waals surface area contributed by atoms with Crippen LogP contribution in [0.25, 0.3) is 0 Å². The number of carbonyl (C=O) groups is 2. The van der Waals surface area contributed by atoms with Crippen LogP contribution in [0.1, 0.15) is 28.4 Å². The summed E-state index contributed by atoms with van der Waals surface area (Å²) in [6.45, 7) is 0. The maximum Gasteiger partial charge on any atom is 0.305 e. The Balaban J connectivity index is 2.21. The van der Waals surface area contributed by atoms with Crippen LogP contribution >= 0.6 is 15.9 Å². The van der Waals surface area contributed by atoms with Gasteiger partial charge in [0.25, 0.3) is 5.91 Å². The number of amides is 1. The van der Waals surface area contributed by atoms with Gasteiger partial charge in [0.1, 0.15) is 11.5 Å². The van der Waals surface area contributed by atoms with E-state index in [4.69, 9.17) is 14.6 Å². The number of carbonyl (C=O) groups excluding carboxylic acids is 1. The van der Waals surface area contributed by atoms with Crippen LogP contribution in [0.5, 0.6) is 11.5 Å². The molecule has 0 aliphatic carbocycles. The summed E-state index contributed by atoms with van der Waals surface area (Å²) in [6, 6.07) is 11.2. The summed E-state index contributed by atoms with van der Waals surface area (Å²) in [5.41, 5.74) is 1.08. The molecule has 0 aliphatic rings. The summed E-state index contributed by atoms with van der Waals surface area (Å²) < 4.78 is 10.9. The van der Waals surface area contributed by atoms with Gasteiger partial charge in [-0.3, -0.25) is 9.59 Å². The van der Waals surface area contributed by atoms with E-state index < -0.39 is 12.0 Å². The fraction of sp³-hybridized carbons (Fsp3) is 0.222. The molecule has 0 spiro atoms. The molecule has 25 heavy (non-hydrogen) atoms. The summed E-state index contributed by atoms with van der Waals surface area (Å²) in [5, 5.41) is 11.9. The molecule has 0 aliphatic heterocycles. The van der Waals surface area contributed by atoms with E-state index in [1.807, 2.05) is 0 Å². The summed E-state index contributed by atoms with van der Waals surface area (Å²) in [6.07, 6.45) is -0.227. The molecule has 0 aromatic heterocycles. The van der Waals surface area contributed by atoms with Crippen molar-refractivity contribution in [1.29, 1.82) is 0 Å². The molecule has 0 heterocycles. The first-order valence-electron chi connectivity index (χ1n) is 7.44. The second-order valence-corrected chi connectivity index (χ2v) is 6.10. The normalized spacial score (nSPS) is 11.5. The zero-order valence-corrected chi connectivity index (χ0v) is 15.4. The maximum atomic E-state index is 12.5. The molecule has 1 atom stereocenters. The predicted molar refractivity (Wildman–Crippen MR) is 96.1 cm³/mol. The standard InChI is InChI=1S/C18H18BrNO5/c1-24-13-6-3-11(4-7-13)15(10-17(21)22)20-18(23)12-5-8-16(25-2)14(19)9-12/h3-9,15H,10H2,1-2H3,(H,20,23)(H,21,22). The molecule has 0 bridgehead atoms. The van der Waals surface area contributed by atoms with Crippen LogP contribution in [0.3, 0.4) is 0 Å². The fourth-order valence-corrected chi connectivity index (χ4v) is 2.85. The van der Waals surface area contributed by atoms with Crippen LogP contribution < -0.4 is 14.8 Å². The van der Waals surface area contributed by atoms with Gasteiger partial charge in [-0.25, -0.2) is 0 Å². The number of halogens is 1. The molecule has 7 heteroatoms. The van der Waals surface area contributed by atoms with E-state index in [9.17, 15) is 9.59 Å². The molecule has 2 aromatic carbocycles. The van der Waals surface area contributed by atoms with E-state index >= 15 is 0 Å². The van der Waals surface area contributed by atoms with Gasteiger partial charge in [0.15, 0.2) is 0 Å². The molecule has 1 unspecified atom stereocenters. The van der Waals surface area contributed by atoms with Crippen LogP contribution in [0.4, 0.5) is 0 Å². The number of hydrogen-bond donors (Lipinski definition) is 2. The zero-order valence-electron chi connectivity index (χ0n) is 13.8. The molecule has 132 valence electrons. The Morgan fingerprint density at radius 2 is 1.80 bits per heavy atom. The molecule has 0 fully saturated rings. The minimum Gasteiger partial charge on any atom is -0.497 e. The van der Waals surface area contributed by atoms with Crippen LogP contribution in [0.2, 0.25) is 0 Å². The van der Waals surface area contributed by atoms with Gasteiger partial charge < -0.3 is 19.9 Å². The highest BCUT2D eigenvalue weighted by Crippen LogP contribution is 2.26. The minimum atomic E-state index is -1.00. The topological polar surface area (TPSA) is 84.9 Å². The summed E-state index contributed by atoms with van der Waals surface area (Å²) in [5.74, 6) is -0.112. The average Bonchev–Trinajstić information content (AvgIpc) is 2.60. The van der Waals surface area contributed by atoms with Crippen LogP contribution in [-0.2, 0) is 4.79 Å². The lowest BCUT2D eigenvalue weighted by Gasteiger charge is -2.18. The number of hydrogen-bond acceptors (Lipinski definition) is 4. The highest BCUT2D eigenvalue weighted by molar-refractivity contribution is 9.10. The van der Waals surface area contributed by atoms with Crippen LogP contribution in [0, 0.1) is 0 Å². The number of methoxy groups -OCH3 is 2. The SMILES string of the molecule is COc1ccc(C(CC(=O)O)NC(=O)c2ccc(OC)c(Br)c2)cc1. The molecule has 2 aromatic rings. The predicted octanol–water partition coefficient (Wildman–Crippen LogP) is 3.41. The molecule has 1 amide bonds. The molecule has 0 saturated carbocycles. The Morgan fingerprint density at radius 1 is 1.12 bits per heavy atom. The van der Waals surface area contributed by atoms with Gasteiger partial charge in [-0.05, 0) is 51.8 Å². The van der Waals surface area contributed by atoms with Gasteiger partial charge in [0.05, 0.1) is 31.2 Å². The van der Waals surface area contributed by atoms with Crippen LogP contribution in [0.15, 0.2) is 46.9 Å². The first-order valence-corrected chi connectivity index (χ1v) is 8.24. The molecule has 6 nitrogen and oxygen atoms in total. The number of ether oxygens (including phenoxy) is 2. The van der Waals surface area contributed by atoms with Crippen LogP contribution in [-0.4, -0.2) is 31.2 Å². The Kier molecular flexibility index (Phi) is 6.41. The lowest BCUT2D eigenvalue weighted by Crippen LogP contribution is -2.30. The third-order valence-corrected chi connectivity index (χ3v) is 4.24. The van der Waals surface area contributed by atoms with E-state index in [1.54, 1.807) is 49.6 Å². The number of carboxylic acid groups (broad SMARTS) is 1. The first kappa shape index (κ1) is 18.8. The average molecular weight is 408 g/mol. The van der Waals surface area contributed by atoms with E-state index in [0.29, 0.717) is 27.1 Å². The Labute approximate surface area is 153 Å². The maximum absolute atomic E-state index is 12.5. The van der Waals surface area contributed by atoms with E-state index in [1.165, 1.54) is 7.11 Å². The molecule has 2 N–H and O–H groups in total.